The van der Waals surface area contributed by atoms with Crippen LogP contribution < -0.4 is 0 Å². The third-order valence-electron chi connectivity index (χ3n) is 3.17. The Morgan fingerprint density at radius 2 is 1.87 bits per heavy atom. The lowest BCUT2D eigenvalue weighted by atomic mass is 9.92. The summed E-state index contributed by atoms with van der Waals surface area (Å²) in [7, 11) is 1.93. The topological polar surface area (TPSA) is 20.3 Å². The van der Waals surface area contributed by atoms with Crippen molar-refractivity contribution < 1.29 is 4.79 Å². The molecule has 2 nitrogen and oxygen atoms in total. The van der Waals surface area contributed by atoms with Crippen molar-refractivity contribution in [1.82, 2.24) is 4.90 Å². The van der Waals surface area contributed by atoms with Crippen molar-refractivity contribution >= 4 is 17.7 Å². The first-order valence-corrected chi connectivity index (χ1v) is 6.55. The molecule has 1 amide bonds. The van der Waals surface area contributed by atoms with Gasteiger partial charge in [0, 0.05) is 23.6 Å². The normalized spacial score (nSPS) is 30.9. The standard InChI is InChI=1S/C12H23NOS/c1-9-7-12(4,5)15-8-11(2,3)10(14)13(9)6/h9H,7-8H2,1-6H3. The number of rotatable bonds is 0. The quantitative estimate of drug-likeness (QED) is 0.636. The Bertz CT molecular complexity index is 260. The number of carbonyl (C=O) groups excluding carboxylic acids is 1. The van der Waals surface area contributed by atoms with Gasteiger partial charge in [0.1, 0.15) is 0 Å². The first-order valence-electron chi connectivity index (χ1n) is 5.57. The minimum absolute atomic E-state index is 0.231. The molecule has 1 rings (SSSR count). The fourth-order valence-corrected chi connectivity index (χ4v) is 3.26. The summed E-state index contributed by atoms with van der Waals surface area (Å²) >= 11 is 1.92. The summed E-state index contributed by atoms with van der Waals surface area (Å²) < 4.78 is 0.269. The van der Waals surface area contributed by atoms with Gasteiger partial charge in [-0.15, -0.1) is 0 Å². The van der Waals surface area contributed by atoms with E-state index in [1.54, 1.807) is 0 Å². The molecular formula is C12H23NOS. The van der Waals surface area contributed by atoms with Gasteiger partial charge in [0.15, 0.2) is 0 Å². The summed E-state index contributed by atoms with van der Waals surface area (Å²) in [6.07, 6.45) is 1.07. The monoisotopic (exact) mass is 229 g/mol. The van der Waals surface area contributed by atoms with E-state index < -0.39 is 0 Å². The fourth-order valence-electron chi connectivity index (χ4n) is 2.02. The Kier molecular flexibility index (Phi) is 3.44. The smallest absolute Gasteiger partial charge is 0.229 e. The largest absolute Gasteiger partial charge is 0.343 e. The molecule has 1 unspecified atom stereocenters. The molecule has 0 bridgehead atoms. The number of hydrogen-bond donors (Lipinski definition) is 0. The molecule has 0 aliphatic carbocycles. The summed E-state index contributed by atoms with van der Waals surface area (Å²) in [6, 6.07) is 0.333. The van der Waals surface area contributed by atoms with Crippen LogP contribution in [0.5, 0.6) is 0 Å². The molecule has 0 radical (unpaired) electrons. The van der Waals surface area contributed by atoms with Crippen LogP contribution in [0.2, 0.25) is 0 Å². The summed E-state index contributed by atoms with van der Waals surface area (Å²) in [5, 5.41) is 0. The highest BCUT2D eigenvalue weighted by Gasteiger charge is 2.38. The van der Waals surface area contributed by atoms with Crippen LogP contribution in [-0.4, -0.2) is 34.4 Å². The average Bonchev–Trinajstić information content (AvgIpc) is 2.11. The van der Waals surface area contributed by atoms with E-state index in [9.17, 15) is 4.79 Å². The molecule has 0 spiro atoms. The molecular weight excluding hydrogens is 206 g/mol. The number of amides is 1. The fraction of sp³-hybridized carbons (Fsp3) is 0.917. The predicted molar refractivity (Wildman–Crippen MR) is 67.2 cm³/mol. The van der Waals surface area contributed by atoms with Crippen LogP contribution in [0.4, 0.5) is 0 Å². The van der Waals surface area contributed by atoms with Crippen molar-refractivity contribution in [2.75, 3.05) is 12.8 Å². The number of carbonyl (C=O) groups is 1. The second kappa shape index (κ2) is 4.00. The van der Waals surface area contributed by atoms with Crippen LogP contribution in [0.3, 0.4) is 0 Å². The van der Waals surface area contributed by atoms with Crippen molar-refractivity contribution in [2.45, 2.75) is 51.8 Å². The Morgan fingerprint density at radius 1 is 1.33 bits per heavy atom. The molecule has 1 aliphatic rings. The van der Waals surface area contributed by atoms with Crippen molar-refractivity contribution in [3.63, 3.8) is 0 Å². The van der Waals surface area contributed by atoms with E-state index in [1.165, 1.54) is 0 Å². The molecule has 3 heteroatoms. The Balaban J connectivity index is 2.92. The van der Waals surface area contributed by atoms with E-state index in [2.05, 4.69) is 20.8 Å². The van der Waals surface area contributed by atoms with Crippen LogP contribution in [-0.2, 0) is 4.79 Å². The molecule has 88 valence electrons. The van der Waals surface area contributed by atoms with Gasteiger partial charge in [0.2, 0.25) is 5.91 Å². The van der Waals surface area contributed by atoms with Crippen LogP contribution in [0.1, 0.15) is 41.0 Å². The first kappa shape index (κ1) is 12.9. The van der Waals surface area contributed by atoms with Gasteiger partial charge in [0.05, 0.1) is 5.41 Å². The summed E-state index contributed by atoms with van der Waals surface area (Å²) in [5.74, 6) is 1.19. The molecule has 1 aliphatic heterocycles. The maximum absolute atomic E-state index is 12.2. The van der Waals surface area contributed by atoms with Crippen molar-refractivity contribution in [2.24, 2.45) is 5.41 Å². The molecule has 0 N–H and O–H groups in total. The van der Waals surface area contributed by atoms with E-state index in [-0.39, 0.29) is 16.1 Å². The van der Waals surface area contributed by atoms with Gasteiger partial charge in [-0.1, -0.05) is 27.7 Å². The minimum atomic E-state index is -0.231. The molecule has 1 atom stereocenters. The Hall–Kier alpha value is -0.180. The van der Waals surface area contributed by atoms with Gasteiger partial charge in [-0.05, 0) is 13.3 Å². The molecule has 0 saturated carbocycles. The zero-order valence-corrected chi connectivity index (χ0v) is 11.6. The van der Waals surface area contributed by atoms with Crippen LogP contribution in [0.25, 0.3) is 0 Å². The predicted octanol–water partition coefficient (Wildman–Crippen LogP) is 2.78. The third-order valence-corrected chi connectivity index (χ3v) is 4.99. The zero-order valence-electron chi connectivity index (χ0n) is 10.8. The molecule has 0 aromatic carbocycles. The average molecular weight is 229 g/mol. The SMILES string of the molecule is CC1CC(C)(C)SCC(C)(C)C(=O)N1C. The van der Waals surface area contributed by atoms with E-state index in [0.29, 0.717) is 6.04 Å². The second-order valence-electron chi connectivity index (χ2n) is 5.90. The van der Waals surface area contributed by atoms with Crippen molar-refractivity contribution in [1.29, 1.82) is 0 Å². The Labute approximate surface area is 97.8 Å². The minimum Gasteiger partial charge on any atom is -0.343 e. The molecule has 0 aromatic rings. The molecule has 1 saturated heterocycles. The molecule has 1 fully saturated rings. The molecule has 0 aromatic heterocycles. The second-order valence-corrected chi connectivity index (χ2v) is 7.58. The number of thioether (sulfide) groups is 1. The Morgan fingerprint density at radius 3 is 2.40 bits per heavy atom. The van der Waals surface area contributed by atoms with Crippen LogP contribution in [0.15, 0.2) is 0 Å². The van der Waals surface area contributed by atoms with Gasteiger partial charge in [-0.3, -0.25) is 4.79 Å². The van der Waals surface area contributed by atoms with Gasteiger partial charge in [0.25, 0.3) is 0 Å². The van der Waals surface area contributed by atoms with Gasteiger partial charge >= 0.3 is 0 Å². The zero-order chi connectivity index (χ0) is 11.9. The van der Waals surface area contributed by atoms with Gasteiger partial charge < -0.3 is 4.90 Å². The highest BCUT2D eigenvalue weighted by Crippen LogP contribution is 2.38. The van der Waals surface area contributed by atoms with E-state index >= 15 is 0 Å². The molecule has 1 heterocycles. The van der Waals surface area contributed by atoms with E-state index in [4.69, 9.17) is 0 Å². The lowest BCUT2D eigenvalue weighted by Crippen LogP contribution is -2.48. The highest BCUT2D eigenvalue weighted by atomic mass is 32.2. The lowest BCUT2D eigenvalue weighted by Gasteiger charge is -2.41. The maximum Gasteiger partial charge on any atom is 0.229 e. The van der Waals surface area contributed by atoms with Crippen molar-refractivity contribution in [3.05, 3.63) is 0 Å². The summed E-state index contributed by atoms with van der Waals surface area (Å²) in [4.78, 5) is 14.1. The summed E-state index contributed by atoms with van der Waals surface area (Å²) in [6.45, 7) is 10.8. The maximum atomic E-state index is 12.2. The number of nitrogens with zero attached hydrogens (tertiary/aromatic N) is 1. The van der Waals surface area contributed by atoms with Crippen LogP contribution in [0, 0.1) is 5.41 Å². The van der Waals surface area contributed by atoms with Crippen molar-refractivity contribution in [3.8, 4) is 0 Å². The third kappa shape index (κ3) is 2.90. The van der Waals surface area contributed by atoms with Gasteiger partial charge in [-0.2, -0.15) is 11.8 Å². The van der Waals surface area contributed by atoms with Crippen LogP contribution >= 0.6 is 11.8 Å². The van der Waals surface area contributed by atoms with E-state index in [0.717, 1.165) is 12.2 Å². The highest BCUT2D eigenvalue weighted by molar-refractivity contribution is 8.00. The lowest BCUT2D eigenvalue weighted by molar-refractivity contribution is -0.140. The molecule has 15 heavy (non-hydrogen) atoms. The first-order chi connectivity index (χ1) is 6.66. The van der Waals surface area contributed by atoms with E-state index in [1.807, 2.05) is 37.6 Å². The summed E-state index contributed by atoms with van der Waals surface area (Å²) in [5.41, 5.74) is -0.231. The van der Waals surface area contributed by atoms with Gasteiger partial charge in [-0.25, -0.2) is 0 Å². The number of hydrogen-bond acceptors (Lipinski definition) is 2.